The Hall–Kier alpha value is -1.12. The molecule has 0 aliphatic heterocycles. The van der Waals surface area contributed by atoms with E-state index in [-0.39, 0.29) is 11.7 Å². The van der Waals surface area contributed by atoms with Crippen LogP contribution in [0.15, 0.2) is 18.2 Å². The summed E-state index contributed by atoms with van der Waals surface area (Å²) in [5, 5.41) is 3.01. The summed E-state index contributed by atoms with van der Waals surface area (Å²) in [7, 11) is 0. The third kappa shape index (κ3) is 2.67. The number of rotatable bonds is 4. The molecule has 0 radical (unpaired) electrons. The van der Waals surface area contributed by atoms with E-state index >= 15 is 0 Å². The van der Waals surface area contributed by atoms with Gasteiger partial charge in [-0.2, -0.15) is 0 Å². The van der Waals surface area contributed by atoms with Crippen molar-refractivity contribution in [3.8, 4) is 0 Å². The molecule has 1 nitrogen and oxygen atoms in total. The number of hydrogen-bond donors (Lipinski definition) is 1. The van der Waals surface area contributed by atoms with Crippen molar-refractivity contribution in [3.05, 3.63) is 29.8 Å². The van der Waals surface area contributed by atoms with Crippen molar-refractivity contribution in [3.63, 3.8) is 0 Å². The quantitative estimate of drug-likeness (QED) is 0.802. The zero-order valence-electron chi connectivity index (χ0n) is 8.76. The minimum atomic E-state index is -0.793. The summed E-state index contributed by atoms with van der Waals surface area (Å²) in [5.41, 5.74) is 0.267. The van der Waals surface area contributed by atoms with Crippen LogP contribution in [0.3, 0.4) is 0 Å². The van der Waals surface area contributed by atoms with Gasteiger partial charge in [-0.15, -0.1) is 0 Å². The Labute approximate surface area is 88.5 Å². The summed E-state index contributed by atoms with van der Waals surface area (Å²) < 4.78 is 26.2. The maximum Gasteiger partial charge on any atom is 0.181 e. The first-order valence-corrected chi connectivity index (χ1v) is 5.37. The van der Waals surface area contributed by atoms with E-state index in [0.29, 0.717) is 0 Å². The van der Waals surface area contributed by atoms with Crippen molar-refractivity contribution in [2.45, 2.75) is 32.2 Å². The Bertz CT molecular complexity index is 347. The maximum atomic E-state index is 13.3. The molecule has 1 fully saturated rings. The number of hydrogen-bond acceptors (Lipinski definition) is 1. The zero-order chi connectivity index (χ0) is 10.8. The number of nitrogens with one attached hydrogen (secondary N) is 1. The fourth-order valence-electron chi connectivity index (χ4n) is 1.79. The van der Waals surface area contributed by atoms with Crippen molar-refractivity contribution >= 4 is 5.69 Å². The highest BCUT2D eigenvalue weighted by atomic mass is 19.2. The summed E-state index contributed by atoms with van der Waals surface area (Å²) in [5.74, 6) is -0.789. The van der Waals surface area contributed by atoms with Gasteiger partial charge < -0.3 is 5.32 Å². The van der Waals surface area contributed by atoms with Crippen LogP contribution in [0.25, 0.3) is 0 Å². The predicted octanol–water partition coefficient (Wildman–Crippen LogP) is 3.57. The second kappa shape index (κ2) is 4.17. The molecule has 0 spiro atoms. The monoisotopic (exact) mass is 211 g/mol. The standard InChI is InChI=1S/C12H15F2N/c1-8(7-9-5-6-9)15-11-4-2-3-10(13)12(11)14/h2-4,8-9,15H,5-7H2,1H3. The molecule has 1 saturated carbocycles. The molecule has 0 heterocycles. The van der Waals surface area contributed by atoms with E-state index in [9.17, 15) is 8.78 Å². The van der Waals surface area contributed by atoms with Crippen molar-refractivity contribution in [1.82, 2.24) is 0 Å². The van der Waals surface area contributed by atoms with E-state index in [4.69, 9.17) is 0 Å². The van der Waals surface area contributed by atoms with Gasteiger partial charge in [0.1, 0.15) is 0 Å². The molecule has 1 unspecified atom stereocenters. The highest BCUT2D eigenvalue weighted by Gasteiger charge is 2.23. The van der Waals surface area contributed by atoms with Gasteiger partial charge in [-0.25, -0.2) is 8.78 Å². The fourth-order valence-corrected chi connectivity index (χ4v) is 1.79. The molecule has 1 aromatic carbocycles. The van der Waals surface area contributed by atoms with E-state index in [0.717, 1.165) is 18.4 Å². The Morgan fingerprint density at radius 1 is 1.40 bits per heavy atom. The largest absolute Gasteiger partial charge is 0.380 e. The van der Waals surface area contributed by atoms with Gasteiger partial charge in [0.2, 0.25) is 0 Å². The molecule has 0 aromatic heterocycles. The summed E-state index contributed by atoms with van der Waals surface area (Å²) >= 11 is 0. The molecule has 1 atom stereocenters. The van der Waals surface area contributed by atoms with Crippen LogP contribution in [0.5, 0.6) is 0 Å². The smallest absolute Gasteiger partial charge is 0.181 e. The molecule has 0 amide bonds. The van der Waals surface area contributed by atoms with Crippen LogP contribution in [0.4, 0.5) is 14.5 Å². The molecule has 0 saturated heterocycles. The molecule has 0 bridgehead atoms. The van der Waals surface area contributed by atoms with Gasteiger partial charge >= 0.3 is 0 Å². The van der Waals surface area contributed by atoms with Gasteiger partial charge in [-0.05, 0) is 31.4 Å². The van der Waals surface area contributed by atoms with Crippen molar-refractivity contribution in [1.29, 1.82) is 0 Å². The van der Waals surface area contributed by atoms with Gasteiger partial charge in [0, 0.05) is 6.04 Å². The minimum absolute atomic E-state index is 0.203. The maximum absolute atomic E-state index is 13.3. The highest BCUT2D eigenvalue weighted by molar-refractivity contribution is 5.45. The Balaban J connectivity index is 1.99. The van der Waals surface area contributed by atoms with E-state index in [2.05, 4.69) is 5.32 Å². The van der Waals surface area contributed by atoms with Crippen LogP contribution >= 0.6 is 0 Å². The summed E-state index contributed by atoms with van der Waals surface area (Å²) in [6.45, 7) is 2.00. The Morgan fingerprint density at radius 3 is 2.80 bits per heavy atom. The van der Waals surface area contributed by atoms with Gasteiger partial charge in [-0.3, -0.25) is 0 Å². The lowest BCUT2D eigenvalue weighted by atomic mass is 10.1. The van der Waals surface area contributed by atoms with Crippen molar-refractivity contribution in [2.24, 2.45) is 5.92 Å². The topological polar surface area (TPSA) is 12.0 Å². The fraction of sp³-hybridized carbons (Fsp3) is 0.500. The molecule has 1 aromatic rings. The minimum Gasteiger partial charge on any atom is -0.380 e. The highest BCUT2D eigenvalue weighted by Crippen LogP contribution is 2.34. The first kappa shape index (κ1) is 10.4. The normalized spacial score (nSPS) is 17.5. The predicted molar refractivity (Wildman–Crippen MR) is 56.8 cm³/mol. The van der Waals surface area contributed by atoms with Crippen LogP contribution in [-0.2, 0) is 0 Å². The molecule has 3 heteroatoms. The lowest BCUT2D eigenvalue weighted by Crippen LogP contribution is -2.16. The molecular weight excluding hydrogens is 196 g/mol. The number of halogens is 2. The Morgan fingerprint density at radius 2 is 2.13 bits per heavy atom. The second-order valence-corrected chi connectivity index (χ2v) is 4.33. The van der Waals surface area contributed by atoms with E-state index in [1.165, 1.54) is 18.9 Å². The second-order valence-electron chi connectivity index (χ2n) is 4.33. The Kier molecular flexibility index (Phi) is 2.89. The van der Waals surface area contributed by atoms with Gasteiger partial charge in [0.05, 0.1) is 5.69 Å². The van der Waals surface area contributed by atoms with Gasteiger partial charge in [-0.1, -0.05) is 18.9 Å². The van der Waals surface area contributed by atoms with Gasteiger partial charge in [0.15, 0.2) is 11.6 Å². The van der Waals surface area contributed by atoms with Crippen LogP contribution < -0.4 is 5.32 Å². The van der Waals surface area contributed by atoms with Crippen molar-refractivity contribution < 1.29 is 8.78 Å². The average molecular weight is 211 g/mol. The molecule has 15 heavy (non-hydrogen) atoms. The lowest BCUT2D eigenvalue weighted by Gasteiger charge is -2.15. The summed E-state index contributed by atoms with van der Waals surface area (Å²) in [6, 6.07) is 4.42. The summed E-state index contributed by atoms with van der Waals surface area (Å²) in [4.78, 5) is 0. The first-order chi connectivity index (χ1) is 7.16. The van der Waals surface area contributed by atoms with Crippen LogP contribution in [0, 0.1) is 17.6 Å². The van der Waals surface area contributed by atoms with E-state index < -0.39 is 11.6 Å². The molecule has 82 valence electrons. The van der Waals surface area contributed by atoms with E-state index in [1.54, 1.807) is 6.07 Å². The third-order valence-corrected chi connectivity index (χ3v) is 2.74. The van der Waals surface area contributed by atoms with Crippen molar-refractivity contribution in [2.75, 3.05) is 5.32 Å². The number of benzene rings is 1. The average Bonchev–Trinajstić information content (AvgIpc) is 2.97. The number of anilines is 1. The molecule has 1 N–H and O–H groups in total. The van der Waals surface area contributed by atoms with E-state index in [1.807, 2.05) is 6.92 Å². The lowest BCUT2D eigenvalue weighted by molar-refractivity contribution is 0.508. The molecule has 2 rings (SSSR count). The van der Waals surface area contributed by atoms with Crippen LogP contribution in [0.1, 0.15) is 26.2 Å². The molecular formula is C12H15F2N. The van der Waals surface area contributed by atoms with Crippen LogP contribution in [0.2, 0.25) is 0 Å². The third-order valence-electron chi connectivity index (χ3n) is 2.74. The molecule has 1 aliphatic rings. The van der Waals surface area contributed by atoms with Gasteiger partial charge in [0.25, 0.3) is 0 Å². The molecule has 1 aliphatic carbocycles. The first-order valence-electron chi connectivity index (χ1n) is 5.37. The van der Waals surface area contributed by atoms with Crippen LogP contribution in [-0.4, -0.2) is 6.04 Å². The SMILES string of the molecule is CC(CC1CC1)Nc1cccc(F)c1F. The summed E-state index contributed by atoms with van der Waals surface area (Å²) in [6.07, 6.45) is 3.59. The zero-order valence-corrected chi connectivity index (χ0v) is 8.76.